The fourth-order valence-electron chi connectivity index (χ4n) is 8.87. The molecule has 3 rings (SSSR count). The molecule has 0 unspecified atom stereocenters. The van der Waals surface area contributed by atoms with Crippen molar-refractivity contribution in [2.24, 2.45) is 0 Å². The quantitative estimate of drug-likeness (QED) is 0.0645. The van der Waals surface area contributed by atoms with E-state index in [-0.39, 0.29) is 38.4 Å². The van der Waals surface area contributed by atoms with Crippen LogP contribution in [0.4, 0.5) is 0 Å². The van der Waals surface area contributed by atoms with E-state index < -0.39 is 82.1 Å². The Morgan fingerprint density at radius 2 is 1.38 bits per heavy atom. The Labute approximate surface area is 355 Å². The summed E-state index contributed by atoms with van der Waals surface area (Å²) in [5.74, 6) is -0.632. The number of Topliss-reactive ketones (excluding diaryl/α,β-unsaturated/α-hetero) is 1. The monoisotopic (exact) mass is 942 g/mol. The van der Waals surface area contributed by atoms with Crippen molar-refractivity contribution < 1.29 is 51.0 Å². The van der Waals surface area contributed by atoms with Crippen molar-refractivity contribution in [2.45, 2.75) is 206 Å². The zero-order chi connectivity index (χ0) is 42.9. The van der Waals surface area contributed by atoms with E-state index in [0.29, 0.717) is 16.6 Å². The van der Waals surface area contributed by atoms with Crippen LogP contribution in [0, 0.1) is 0 Å². The van der Waals surface area contributed by atoms with Gasteiger partial charge >= 0.3 is 334 Å². The molecule has 0 bridgehead atoms. The summed E-state index contributed by atoms with van der Waals surface area (Å²) in [5, 5.41) is 24.6. The molecule has 1 aromatic rings. The summed E-state index contributed by atoms with van der Waals surface area (Å²) in [7, 11) is -2.39. The van der Waals surface area contributed by atoms with Crippen LogP contribution in [-0.2, 0) is 47.4 Å². The normalized spacial score (nSPS) is 25.4. The van der Waals surface area contributed by atoms with Gasteiger partial charge in [0.1, 0.15) is 5.78 Å². The summed E-state index contributed by atoms with van der Waals surface area (Å²) in [6, 6.07) is 9.77. The van der Waals surface area contributed by atoms with Crippen LogP contribution in [0.1, 0.15) is 126 Å². The molecule has 0 spiro atoms. The van der Waals surface area contributed by atoms with Gasteiger partial charge in [-0.15, -0.1) is 0 Å². The van der Waals surface area contributed by atoms with E-state index in [0.717, 1.165) is 57.4 Å². The number of aliphatic hydroxyl groups is 2. The van der Waals surface area contributed by atoms with Gasteiger partial charge in [-0.2, -0.15) is 0 Å². The summed E-state index contributed by atoms with van der Waals surface area (Å²) in [6.45, 7) is 21.6. The molecule has 1 fully saturated rings. The zero-order valence-corrected chi connectivity index (χ0v) is 41.2. The minimum atomic E-state index is -3.46. The fraction of sp³-hybridized carbons (Fsp3) is 0.778. The van der Waals surface area contributed by atoms with Gasteiger partial charge in [-0.05, 0) is 6.92 Å². The number of unbranched alkanes of at least 4 members (excludes halogenated alkanes) is 3. The Balaban J connectivity index is 2.05. The van der Waals surface area contributed by atoms with Gasteiger partial charge in [0.05, 0.1) is 0 Å². The SMILES string of the molecule is CCC[CH2][Sn]([CH2]CCC)([CH2]CCC)[O][C@H]1[C@@H](O)[C@@H](CO[Si](C(C)C)(C(C)C)C(C)C)O[C@@H](O[C@H]2[C@@H](OCc3ccccc3)C=CO[C@@H]2COC(=O)CCC(C)=O)[C@@H]1O. The number of carbonyl (C=O) groups is 2. The van der Waals surface area contributed by atoms with Gasteiger partial charge in [-0.1, -0.05) is 6.07 Å². The summed E-state index contributed by atoms with van der Waals surface area (Å²) in [6.07, 6.45) is 1.66. The number of aliphatic hydroxyl groups excluding tert-OH is 2. The Bertz CT molecular complexity index is 1320. The van der Waals surface area contributed by atoms with E-state index in [4.69, 9.17) is 31.2 Å². The van der Waals surface area contributed by atoms with Crippen molar-refractivity contribution in [1.29, 1.82) is 0 Å². The van der Waals surface area contributed by atoms with E-state index >= 15 is 0 Å². The zero-order valence-electron chi connectivity index (χ0n) is 37.4. The third kappa shape index (κ3) is 14.6. The van der Waals surface area contributed by atoms with Gasteiger partial charge in [0.25, 0.3) is 0 Å². The Kier molecular flexibility index (Phi) is 22.5. The average molecular weight is 942 g/mol. The minimum absolute atomic E-state index is 0.0456. The predicted molar refractivity (Wildman–Crippen MR) is 232 cm³/mol. The summed E-state index contributed by atoms with van der Waals surface area (Å²) in [4.78, 5) is 24.2. The fourth-order valence-corrected chi connectivity index (χ4v) is 28.5. The maximum absolute atomic E-state index is 12.7. The third-order valence-corrected chi connectivity index (χ3v) is 31.2. The molecular formula is C45H78O11SiSn. The number of carbonyl (C=O) groups excluding carboxylic acids is 2. The first-order valence-electron chi connectivity index (χ1n) is 22.3. The number of hydrogen-bond acceptors (Lipinski definition) is 11. The summed E-state index contributed by atoms with van der Waals surface area (Å²) >= 11 is -3.46. The number of ether oxygens (including phenoxy) is 5. The third-order valence-electron chi connectivity index (χ3n) is 12.1. The molecule has 1 saturated heterocycles. The Hall–Kier alpha value is -1.36. The maximum atomic E-state index is 12.7. The first-order valence-corrected chi connectivity index (χ1v) is 31.6. The molecule has 0 aromatic heterocycles. The second-order valence-electron chi connectivity index (χ2n) is 17.5. The molecule has 58 heavy (non-hydrogen) atoms. The van der Waals surface area contributed by atoms with Gasteiger partial charge in [0, 0.05) is 0 Å². The molecule has 0 saturated carbocycles. The number of esters is 1. The first kappa shape index (κ1) is 51.0. The predicted octanol–water partition coefficient (Wildman–Crippen LogP) is 9.15. The van der Waals surface area contributed by atoms with Gasteiger partial charge in [0.2, 0.25) is 0 Å². The van der Waals surface area contributed by atoms with Crippen molar-refractivity contribution in [1.82, 2.24) is 0 Å². The van der Waals surface area contributed by atoms with Crippen molar-refractivity contribution in [3.05, 3.63) is 48.2 Å². The van der Waals surface area contributed by atoms with Crippen LogP contribution in [0.2, 0.25) is 29.9 Å². The van der Waals surface area contributed by atoms with E-state index in [1.807, 2.05) is 30.3 Å². The summed E-state index contributed by atoms with van der Waals surface area (Å²) < 4.78 is 48.9. The summed E-state index contributed by atoms with van der Waals surface area (Å²) in [5.41, 5.74) is 1.89. The van der Waals surface area contributed by atoms with Crippen LogP contribution < -0.4 is 0 Å². The van der Waals surface area contributed by atoms with Crippen LogP contribution in [0.3, 0.4) is 0 Å². The molecule has 0 amide bonds. The molecular weight excluding hydrogens is 863 g/mol. The standard InChI is InChI=1S/C33H51O11Si.3C4H9.Sn/c1-20(2)45(21(3)4,22(5)6)42-19-26-29(36)30(37)31(38)33(43-26)44-32-25(40-17-24-11-9-8-10-12-24)15-16-39-27(32)18-41-28(35)14-13-23(7)34;3*1-3-4-2;/h8-12,15-16,20-22,25-27,29-33,36,38H,13-14,17-19H2,1-7H3;3*1,3-4H2,2H3;/q-1;;;;+1/t25-,26+,27+,29-,30-,31+,32-,33-;;;;/m0..../s1. The van der Waals surface area contributed by atoms with E-state index in [1.54, 1.807) is 6.08 Å². The molecule has 2 aliphatic heterocycles. The molecule has 0 aliphatic carbocycles. The van der Waals surface area contributed by atoms with Crippen molar-refractivity contribution in [3.8, 4) is 0 Å². The van der Waals surface area contributed by atoms with Gasteiger partial charge in [-0.3, -0.25) is 0 Å². The molecule has 11 nitrogen and oxygen atoms in total. The van der Waals surface area contributed by atoms with Gasteiger partial charge in [0.15, 0.2) is 0 Å². The van der Waals surface area contributed by atoms with E-state index in [2.05, 4.69) is 62.3 Å². The van der Waals surface area contributed by atoms with Crippen LogP contribution in [-0.4, -0.2) is 111 Å². The van der Waals surface area contributed by atoms with Crippen molar-refractivity contribution >= 4 is 38.9 Å². The van der Waals surface area contributed by atoms with Crippen LogP contribution in [0.25, 0.3) is 0 Å². The number of benzene rings is 1. The van der Waals surface area contributed by atoms with Crippen LogP contribution in [0.15, 0.2) is 42.7 Å². The van der Waals surface area contributed by atoms with Crippen LogP contribution >= 0.6 is 0 Å². The number of hydrogen-bond donors (Lipinski definition) is 2. The molecule has 2 N–H and O–H groups in total. The van der Waals surface area contributed by atoms with Gasteiger partial charge < -0.3 is 4.79 Å². The van der Waals surface area contributed by atoms with E-state index in [1.165, 1.54) is 13.2 Å². The molecule has 0 radical (unpaired) electrons. The molecule has 8 atom stereocenters. The molecule has 2 aliphatic rings. The number of ketones is 1. The Morgan fingerprint density at radius 1 is 0.793 bits per heavy atom. The number of rotatable bonds is 27. The Morgan fingerprint density at radius 3 is 1.91 bits per heavy atom. The van der Waals surface area contributed by atoms with Gasteiger partial charge in [-0.25, -0.2) is 0 Å². The van der Waals surface area contributed by atoms with Crippen LogP contribution in [0.5, 0.6) is 0 Å². The second kappa shape index (κ2) is 25.5. The van der Waals surface area contributed by atoms with Crippen molar-refractivity contribution in [2.75, 3.05) is 13.2 Å². The molecule has 1 aromatic carbocycles. The second-order valence-corrected chi connectivity index (χ2v) is 34.6. The first-order chi connectivity index (χ1) is 27.6. The molecule has 332 valence electrons. The molecule has 2 heterocycles. The topological polar surface area (TPSA) is 139 Å². The average Bonchev–Trinajstić information content (AvgIpc) is 3.19. The van der Waals surface area contributed by atoms with Crippen molar-refractivity contribution in [3.63, 3.8) is 0 Å². The van der Waals surface area contributed by atoms with E-state index in [9.17, 15) is 19.8 Å². The molecule has 13 heteroatoms.